The third-order valence-electron chi connectivity index (χ3n) is 4.06. The Hall–Kier alpha value is -1.40. The Morgan fingerprint density at radius 1 is 1.18 bits per heavy atom. The molecule has 122 valence electrons. The normalized spacial score (nSPS) is 17.9. The maximum Gasteiger partial charge on any atom is 0.251 e. The van der Waals surface area contributed by atoms with Crippen LogP contribution in [0.1, 0.15) is 49.9 Å². The number of sulfonamides is 1. The Morgan fingerprint density at radius 3 is 2.32 bits per heavy atom. The molecule has 0 aromatic heterocycles. The quantitative estimate of drug-likeness (QED) is 0.904. The highest BCUT2D eigenvalue weighted by Gasteiger charge is 2.25. The molecular formula is C16H24N2O3S. The van der Waals surface area contributed by atoms with E-state index in [0.717, 1.165) is 25.7 Å². The lowest BCUT2D eigenvalue weighted by Gasteiger charge is -2.25. The van der Waals surface area contributed by atoms with Crippen LogP contribution in [-0.4, -0.2) is 37.8 Å². The summed E-state index contributed by atoms with van der Waals surface area (Å²) < 4.78 is 26.6. The lowest BCUT2D eigenvalue weighted by atomic mass is 10.2. The van der Waals surface area contributed by atoms with Gasteiger partial charge in [-0.25, -0.2) is 8.42 Å². The Kier molecular flexibility index (Phi) is 5.58. The molecule has 1 heterocycles. The summed E-state index contributed by atoms with van der Waals surface area (Å²) in [7, 11) is -3.43. The second kappa shape index (κ2) is 7.24. The minimum absolute atomic E-state index is 0.101. The van der Waals surface area contributed by atoms with Crippen LogP contribution in [0.25, 0.3) is 0 Å². The van der Waals surface area contributed by atoms with E-state index in [4.69, 9.17) is 0 Å². The van der Waals surface area contributed by atoms with E-state index in [0.29, 0.717) is 18.7 Å². The van der Waals surface area contributed by atoms with Gasteiger partial charge in [-0.1, -0.05) is 13.3 Å². The summed E-state index contributed by atoms with van der Waals surface area (Å²) in [5.41, 5.74) is 0.484. The van der Waals surface area contributed by atoms with Crippen molar-refractivity contribution in [2.24, 2.45) is 0 Å². The summed E-state index contributed by atoms with van der Waals surface area (Å²) in [5.74, 6) is -0.170. The van der Waals surface area contributed by atoms with Gasteiger partial charge in [-0.2, -0.15) is 4.31 Å². The molecule has 0 unspecified atom stereocenters. The highest BCUT2D eigenvalue weighted by Crippen LogP contribution is 2.20. The highest BCUT2D eigenvalue weighted by atomic mass is 32.2. The van der Waals surface area contributed by atoms with Gasteiger partial charge in [0, 0.05) is 24.7 Å². The van der Waals surface area contributed by atoms with Crippen LogP contribution in [0.5, 0.6) is 0 Å². The smallest absolute Gasteiger partial charge is 0.251 e. The maximum atomic E-state index is 12.5. The van der Waals surface area contributed by atoms with Crippen molar-refractivity contribution in [1.29, 1.82) is 0 Å². The van der Waals surface area contributed by atoms with Crippen LogP contribution in [0, 0.1) is 0 Å². The van der Waals surface area contributed by atoms with Crippen LogP contribution in [-0.2, 0) is 10.0 Å². The third-order valence-corrected chi connectivity index (χ3v) is 5.97. The van der Waals surface area contributed by atoms with Crippen LogP contribution in [0.15, 0.2) is 29.2 Å². The molecule has 0 bridgehead atoms. The molecule has 6 heteroatoms. The molecule has 5 nitrogen and oxygen atoms in total. The van der Waals surface area contributed by atoms with Crippen molar-refractivity contribution in [3.63, 3.8) is 0 Å². The van der Waals surface area contributed by atoms with Gasteiger partial charge in [-0.3, -0.25) is 4.79 Å². The molecule has 1 aliphatic heterocycles. The molecule has 1 atom stereocenters. The van der Waals surface area contributed by atoms with Crippen LogP contribution < -0.4 is 5.32 Å². The van der Waals surface area contributed by atoms with Crippen molar-refractivity contribution in [3.05, 3.63) is 29.8 Å². The predicted octanol–water partition coefficient (Wildman–Crippen LogP) is 2.39. The van der Waals surface area contributed by atoms with E-state index in [1.807, 2.05) is 13.8 Å². The van der Waals surface area contributed by atoms with Crippen molar-refractivity contribution >= 4 is 15.9 Å². The molecule has 1 saturated heterocycles. The molecule has 1 amide bonds. The average molecular weight is 324 g/mol. The molecule has 0 spiro atoms. The van der Waals surface area contributed by atoms with Gasteiger partial charge in [-0.15, -0.1) is 0 Å². The van der Waals surface area contributed by atoms with Crippen molar-refractivity contribution in [2.75, 3.05) is 13.1 Å². The number of hydrogen-bond acceptors (Lipinski definition) is 3. The molecule has 1 aliphatic rings. The molecule has 22 heavy (non-hydrogen) atoms. The largest absolute Gasteiger partial charge is 0.350 e. The molecule has 0 saturated carbocycles. The standard InChI is InChI=1S/C16H24N2O3S/c1-3-13(2)17-16(19)14-7-9-15(10-8-14)22(20,21)18-11-5-4-6-12-18/h7-10,13H,3-6,11-12H2,1-2H3,(H,17,19)/t13-/m1/s1. The number of nitrogens with zero attached hydrogens (tertiary/aromatic N) is 1. The van der Waals surface area contributed by atoms with Crippen LogP contribution in [0.3, 0.4) is 0 Å². The fourth-order valence-corrected chi connectivity index (χ4v) is 3.96. The molecule has 0 aliphatic carbocycles. The lowest BCUT2D eigenvalue weighted by Crippen LogP contribution is -2.35. The molecule has 1 aromatic carbocycles. The summed E-state index contributed by atoms with van der Waals surface area (Å²) in [6, 6.07) is 6.30. The van der Waals surface area contributed by atoms with Crippen LogP contribution in [0.2, 0.25) is 0 Å². The number of benzene rings is 1. The molecule has 2 rings (SSSR count). The van der Waals surface area contributed by atoms with E-state index in [-0.39, 0.29) is 16.8 Å². The molecule has 1 aromatic rings. The summed E-state index contributed by atoms with van der Waals surface area (Å²) in [6.07, 6.45) is 3.76. The van der Waals surface area contributed by atoms with E-state index < -0.39 is 10.0 Å². The van der Waals surface area contributed by atoms with Gasteiger partial charge in [0.1, 0.15) is 0 Å². The van der Waals surface area contributed by atoms with Crippen molar-refractivity contribution < 1.29 is 13.2 Å². The van der Waals surface area contributed by atoms with E-state index in [9.17, 15) is 13.2 Å². The predicted molar refractivity (Wildman–Crippen MR) is 86.3 cm³/mol. The van der Waals surface area contributed by atoms with Gasteiger partial charge >= 0.3 is 0 Å². The van der Waals surface area contributed by atoms with Gasteiger partial charge in [0.25, 0.3) is 5.91 Å². The second-order valence-electron chi connectivity index (χ2n) is 5.77. The van der Waals surface area contributed by atoms with Gasteiger partial charge in [0.2, 0.25) is 10.0 Å². The first kappa shape index (κ1) is 17.0. The molecular weight excluding hydrogens is 300 g/mol. The van der Waals surface area contributed by atoms with Gasteiger partial charge < -0.3 is 5.32 Å². The zero-order valence-corrected chi connectivity index (χ0v) is 14.0. The van der Waals surface area contributed by atoms with Crippen molar-refractivity contribution in [3.8, 4) is 0 Å². The van der Waals surface area contributed by atoms with Crippen LogP contribution >= 0.6 is 0 Å². The van der Waals surface area contributed by atoms with E-state index in [2.05, 4.69) is 5.32 Å². The SMILES string of the molecule is CC[C@@H](C)NC(=O)c1ccc(S(=O)(=O)N2CCCCC2)cc1. The first-order chi connectivity index (χ1) is 10.4. The summed E-state index contributed by atoms with van der Waals surface area (Å²) in [6.45, 7) is 5.10. The Morgan fingerprint density at radius 2 is 1.77 bits per heavy atom. The maximum absolute atomic E-state index is 12.5. The number of rotatable bonds is 5. The fraction of sp³-hybridized carbons (Fsp3) is 0.562. The minimum Gasteiger partial charge on any atom is -0.350 e. The van der Waals surface area contributed by atoms with Crippen molar-refractivity contribution in [1.82, 2.24) is 9.62 Å². The zero-order chi connectivity index (χ0) is 16.2. The fourth-order valence-electron chi connectivity index (χ4n) is 2.44. The lowest BCUT2D eigenvalue weighted by molar-refractivity contribution is 0.0939. The second-order valence-corrected chi connectivity index (χ2v) is 7.71. The summed E-state index contributed by atoms with van der Waals surface area (Å²) in [4.78, 5) is 12.3. The number of amides is 1. The Balaban J connectivity index is 2.12. The summed E-state index contributed by atoms with van der Waals surface area (Å²) >= 11 is 0. The van der Waals surface area contributed by atoms with E-state index in [1.54, 1.807) is 12.1 Å². The number of carbonyl (C=O) groups excluding carboxylic acids is 1. The van der Waals surface area contributed by atoms with Gasteiger partial charge in [0.05, 0.1) is 4.90 Å². The summed E-state index contributed by atoms with van der Waals surface area (Å²) in [5, 5.41) is 2.87. The molecule has 0 radical (unpaired) electrons. The molecule has 1 N–H and O–H groups in total. The molecule has 1 fully saturated rings. The number of nitrogens with one attached hydrogen (secondary N) is 1. The minimum atomic E-state index is -3.43. The van der Waals surface area contributed by atoms with E-state index in [1.165, 1.54) is 16.4 Å². The van der Waals surface area contributed by atoms with Gasteiger partial charge in [-0.05, 0) is 50.5 Å². The Bertz CT molecular complexity index is 605. The monoisotopic (exact) mass is 324 g/mol. The van der Waals surface area contributed by atoms with E-state index >= 15 is 0 Å². The Labute approximate surface area is 132 Å². The average Bonchev–Trinajstić information content (AvgIpc) is 2.55. The number of hydrogen-bond donors (Lipinski definition) is 1. The zero-order valence-electron chi connectivity index (χ0n) is 13.2. The third kappa shape index (κ3) is 3.87. The number of carbonyl (C=O) groups is 1. The van der Waals surface area contributed by atoms with Crippen molar-refractivity contribution in [2.45, 2.75) is 50.5 Å². The first-order valence-electron chi connectivity index (χ1n) is 7.86. The topological polar surface area (TPSA) is 66.5 Å². The highest BCUT2D eigenvalue weighted by molar-refractivity contribution is 7.89. The first-order valence-corrected chi connectivity index (χ1v) is 9.30. The van der Waals surface area contributed by atoms with Gasteiger partial charge in [0.15, 0.2) is 0 Å². The van der Waals surface area contributed by atoms with Crippen LogP contribution in [0.4, 0.5) is 0 Å². The number of piperidine rings is 1.